The van der Waals surface area contributed by atoms with Gasteiger partial charge in [0.15, 0.2) is 0 Å². The van der Waals surface area contributed by atoms with Crippen LogP contribution in [0.25, 0.3) is 11.3 Å². The molecular formula is C17H21NO. The molecule has 0 fully saturated rings. The Morgan fingerprint density at radius 3 is 2.53 bits per heavy atom. The molecule has 0 aliphatic rings. The van der Waals surface area contributed by atoms with E-state index in [2.05, 4.69) is 18.0 Å². The zero-order chi connectivity index (χ0) is 13.7. The van der Waals surface area contributed by atoms with E-state index in [0.29, 0.717) is 6.42 Å². The molecule has 1 aromatic carbocycles. The standard InChI is InChI=1S/C17H21NO/c1-3-7-13-10-11-16(18-12-13)14-8-5-6-9-15(14)17(19)4-2/h5-6,8-12,17,19H,3-4,7H2,1-2H3. The predicted octanol–water partition coefficient (Wildman–Crippen LogP) is 4.14. The molecule has 2 nitrogen and oxygen atoms in total. The summed E-state index contributed by atoms with van der Waals surface area (Å²) in [5.41, 5.74) is 4.18. The number of benzene rings is 1. The van der Waals surface area contributed by atoms with Crippen molar-refractivity contribution in [2.24, 2.45) is 0 Å². The summed E-state index contributed by atoms with van der Waals surface area (Å²) in [6, 6.07) is 12.1. The minimum absolute atomic E-state index is 0.423. The molecule has 100 valence electrons. The first kappa shape index (κ1) is 13.8. The van der Waals surface area contributed by atoms with E-state index in [1.54, 1.807) is 0 Å². The van der Waals surface area contributed by atoms with Gasteiger partial charge in [0.1, 0.15) is 0 Å². The topological polar surface area (TPSA) is 33.1 Å². The van der Waals surface area contributed by atoms with Crippen LogP contribution in [0.15, 0.2) is 42.6 Å². The molecular weight excluding hydrogens is 234 g/mol. The third kappa shape index (κ3) is 3.21. The van der Waals surface area contributed by atoms with Crippen LogP contribution in [0.5, 0.6) is 0 Å². The van der Waals surface area contributed by atoms with Crippen LogP contribution in [0.4, 0.5) is 0 Å². The van der Waals surface area contributed by atoms with E-state index >= 15 is 0 Å². The number of hydrogen-bond donors (Lipinski definition) is 1. The van der Waals surface area contributed by atoms with Gasteiger partial charge in [-0.15, -0.1) is 0 Å². The molecule has 1 unspecified atom stereocenters. The number of aliphatic hydroxyl groups excluding tert-OH is 1. The minimum atomic E-state index is -0.423. The highest BCUT2D eigenvalue weighted by atomic mass is 16.3. The molecule has 0 saturated carbocycles. The zero-order valence-electron chi connectivity index (χ0n) is 11.6. The Bertz CT molecular complexity index is 519. The lowest BCUT2D eigenvalue weighted by Gasteiger charge is -2.13. The molecule has 0 bridgehead atoms. The van der Waals surface area contributed by atoms with Crippen LogP contribution in [-0.2, 0) is 6.42 Å². The molecule has 1 aromatic heterocycles. The van der Waals surface area contributed by atoms with Crippen LogP contribution in [-0.4, -0.2) is 10.1 Å². The van der Waals surface area contributed by atoms with E-state index in [4.69, 9.17) is 0 Å². The van der Waals surface area contributed by atoms with Crippen LogP contribution in [0, 0.1) is 0 Å². The van der Waals surface area contributed by atoms with Crippen molar-refractivity contribution in [2.75, 3.05) is 0 Å². The lowest BCUT2D eigenvalue weighted by atomic mass is 9.98. The second kappa shape index (κ2) is 6.48. The Balaban J connectivity index is 2.35. The molecule has 0 amide bonds. The number of hydrogen-bond acceptors (Lipinski definition) is 2. The van der Waals surface area contributed by atoms with Gasteiger partial charge in [-0.2, -0.15) is 0 Å². The molecule has 0 aliphatic heterocycles. The van der Waals surface area contributed by atoms with E-state index in [1.165, 1.54) is 5.56 Å². The zero-order valence-corrected chi connectivity index (χ0v) is 11.6. The van der Waals surface area contributed by atoms with E-state index in [1.807, 2.05) is 43.5 Å². The van der Waals surface area contributed by atoms with Crippen molar-refractivity contribution < 1.29 is 5.11 Å². The van der Waals surface area contributed by atoms with Crippen molar-refractivity contribution in [3.8, 4) is 11.3 Å². The van der Waals surface area contributed by atoms with Gasteiger partial charge in [-0.05, 0) is 30.0 Å². The van der Waals surface area contributed by atoms with Crippen LogP contribution >= 0.6 is 0 Å². The Kier molecular flexibility index (Phi) is 4.69. The van der Waals surface area contributed by atoms with Gasteiger partial charge in [0.25, 0.3) is 0 Å². The number of aromatic nitrogens is 1. The summed E-state index contributed by atoms with van der Waals surface area (Å²) in [5, 5.41) is 10.1. The summed E-state index contributed by atoms with van der Waals surface area (Å²) in [6.07, 6.45) is 4.42. The number of aliphatic hydroxyl groups is 1. The second-order valence-corrected chi connectivity index (χ2v) is 4.81. The molecule has 0 aliphatic carbocycles. The van der Waals surface area contributed by atoms with Gasteiger partial charge in [-0.3, -0.25) is 4.98 Å². The van der Waals surface area contributed by atoms with E-state index in [-0.39, 0.29) is 0 Å². The number of aryl methyl sites for hydroxylation is 1. The lowest BCUT2D eigenvalue weighted by molar-refractivity contribution is 0.174. The Morgan fingerprint density at radius 2 is 1.89 bits per heavy atom. The molecule has 1 N–H and O–H groups in total. The average molecular weight is 255 g/mol. The van der Waals surface area contributed by atoms with E-state index in [9.17, 15) is 5.11 Å². The van der Waals surface area contributed by atoms with E-state index in [0.717, 1.165) is 29.7 Å². The molecule has 19 heavy (non-hydrogen) atoms. The Morgan fingerprint density at radius 1 is 1.11 bits per heavy atom. The van der Waals surface area contributed by atoms with E-state index < -0.39 is 6.10 Å². The SMILES string of the molecule is CCCc1ccc(-c2ccccc2C(O)CC)nc1. The largest absolute Gasteiger partial charge is 0.388 e. The summed E-state index contributed by atoms with van der Waals surface area (Å²) in [7, 11) is 0. The van der Waals surface area contributed by atoms with Crippen molar-refractivity contribution in [3.05, 3.63) is 53.7 Å². The molecule has 2 heteroatoms. The second-order valence-electron chi connectivity index (χ2n) is 4.81. The smallest absolute Gasteiger partial charge is 0.0794 e. The molecule has 1 atom stereocenters. The Hall–Kier alpha value is -1.67. The molecule has 0 spiro atoms. The summed E-state index contributed by atoms with van der Waals surface area (Å²) in [5.74, 6) is 0. The quantitative estimate of drug-likeness (QED) is 0.870. The van der Waals surface area contributed by atoms with Crippen molar-refractivity contribution in [1.29, 1.82) is 0 Å². The maximum Gasteiger partial charge on any atom is 0.0794 e. The minimum Gasteiger partial charge on any atom is -0.388 e. The Labute approximate surface area is 115 Å². The fraction of sp³-hybridized carbons (Fsp3) is 0.353. The third-order valence-electron chi connectivity index (χ3n) is 3.35. The van der Waals surface area contributed by atoms with Gasteiger partial charge in [0.05, 0.1) is 11.8 Å². The number of nitrogens with zero attached hydrogens (tertiary/aromatic N) is 1. The van der Waals surface area contributed by atoms with Crippen molar-refractivity contribution in [1.82, 2.24) is 4.98 Å². The highest BCUT2D eigenvalue weighted by molar-refractivity contribution is 5.64. The van der Waals surface area contributed by atoms with Crippen LogP contribution in [0.3, 0.4) is 0 Å². The van der Waals surface area contributed by atoms with Crippen LogP contribution < -0.4 is 0 Å². The molecule has 0 radical (unpaired) electrons. The van der Waals surface area contributed by atoms with Gasteiger partial charge in [0.2, 0.25) is 0 Å². The summed E-state index contributed by atoms with van der Waals surface area (Å²) >= 11 is 0. The average Bonchev–Trinajstić information content (AvgIpc) is 2.47. The maximum atomic E-state index is 10.1. The first-order valence-corrected chi connectivity index (χ1v) is 6.98. The van der Waals surface area contributed by atoms with Crippen molar-refractivity contribution >= 4 is 0 Å². The predicted molar refractivity (Wildman–Crippen MR) is 78.9 cm³/mol. The fourth-order valence-corrected chi connectivity index (χ4v) is 2.26. The highest BCUT2D eigenvalue weighted by Gasteiger charge is 2.12. The van der Waals surface area contributed by atoms with Gasteiger partial charge in [-0.25, -0.2) is 0 Å². The molecule has 2 rings (SSSR count). The van der Waals surface area contributed by atoms with Crippen LogP contribution in [0.2, 0.25) is 0 Å². The lowest BCUT2D eigenvalue weighted by Crippen LogP contribution is -1.99. The van der Waals surface area contributed by atoms with Crippen molar-refractivity contribution in [3.63, 3.8) is 0 Å². The van der Waals surface area contributed by atoms with Gasteiger partial charge in [0, 0.05) is 11.8 Å². The molecule has 0 saturated heterocycles. The monoisotopic (exact) mass is 255 g/mol. The molecule has 2 aromatic rings. The summed E-state index contributed by atoms with van der Waals surface area (Å²) in [4.78, 5) is 4.53. The maximum absolute atomic E-state index is 10.1. The third-order valence-corrected chi connectivity index (χ3v) is 3.35. The molecule has 1 heterocycles. The van der Waals surface area contributed by atoms with Gasteiger partial charge >= 0.3 is 0 Å². The summed E-state index contributed by atoms with van der Waals surface area (Å²) in [6.45, 7) is 4.15. The van der Waals surface area contributed by atoms with Gasteiger partial charge < -0.3 is 5.11 Å². The number of rotatable bonds is 5. The normalized spacial score (nSPS) is 12.4. The highest BCUT2D eigenvalue weighted by Crippen LogP contribution is 2.28. The van der Waals surface area contributed by atoms with Crippen LogP contribution in [0.1, 0.15) is 43.9 Å². The first-order valence-electron chi connectivity index (χ1n) is 6.98. The fourth-order valence-electron chi connectivity index (χ4n) is 2.26. The van der Waals surface area contributed by atoms with Gasteiger partial charge in [-0.1, -0.05) is 50.6 Å². The van der Waals surface area contributed by atoms with Crippen molar-refractivity contribution in [2.45, 2.75) is 39.2 Å². The number of pyridine rings is 1. The first-order chi connectivity index (χ1) is 9.26. The summed E-state index contributed by atoms with van der Waals surface area (Å²) < 4.78 is 0.